The SMILES string of the molecule is CC1(C)CC(/C=C/c2ccc(Nc3ccc(/C=C/C4=CC(=C(C#N)C#N)CC(C)(C)C4)cc3-c3ccccc3)cc2)=CC(=C(C#N)C#N)C1. The molecule has 5 heteroatoms. The van der Waals surface area contributed by atoms with E-state index < -0.39 is 0 Å². The van der Waals surface area contributed by atoms with Crippen LogP contribution in [0.25, 0.3) is 23.3 Å². The van der Waals surface area contributed by atoms with Crippen LogP contribution in [0.2, 0.25) is 0 Å². The first kappa shape index (κ1) is 34.2. The van der Waals surface area contributed by atoms with E-state index in [1.165, 1.54) is 0 Å². The maximum atomic E-state index is 9.45. The van der Waals surface area contributed by atoms with Crippen molar-refractivity contribution in [2.45, 2.75) is 53.4 Å². The van der Waals surface area contributed by atoms with E-state index in [1.54, 1.807) is 0 Å². The third kappa shape index (κ3) is 8.82. The molecule has 0 saturated heterocycles. The Morgan fingerprint density at radius 3 is 1.59 bits per heavy atom. The minimum atomic E-state index is -0.0396. The summed E-state index contributed by atoms with van der Waals surface area (Å²) in [6, 6.07) is 33.2. The molecule has 0 saturated carbocycles. The molecule has 0 fully saturated rings. The Labute approximate surface area is 290 Å². The van der Waals surface area contributed by atoms with Crippen molar-refractivity contribution >= 4 is 23.5 Å². The first-order valence-corrected chi connectivity index (χ1v) is 16.4. The predicted molar refractivity (Wildman–Crippen MR) is 198 cm³/mol. The Hall–Kier alpha value is -6.14. The lowest BCUT2D eigenvalue weighted by Gasteiger charge is -2.30. The second-order valence-electron chi connectivity index (χ2n) is 14.3. The van der Waals surface area contributed by atoms with Crippen molar-refractivity contribution in [3.63, 3.8) is 0 Å². The van der Waals surface area contributed by atoms with Gasteiger partial charge >= 0.3 is 0 Å². The average Bonchev–Trinajstić information content (AvgIpc) is 3.08. The monoisotopic (exact) mass is 637 g/mol. The molecular formula is C44H39N5. The van der Waals surface area contributed by atoms with E-state index in [9.17, 15) is 21.0 Å². The molecule has 240 valence electrons. The normalized spacial score (nSPS) is 16.5. The van der Waals surface area contributed by atoms with E-state index in [1.807, 2.05) is 42.5 Å². The quantitative estimate of drug-likeness (QED) is 0.259. The summed E-state index contributed by atoms with van der Waals surface area (Å²) >= 11 is 0. The Morgan fingerprint density at radius 2 is 1.08 bits per heavy atom. The zero-order valence-electron chi connectivity index (χ0n) is 28.5. The highest BCUT2D eigenvalue weighted by molar-refractivity contribution is 5.83. The summed E-state index contributed by atoms with van der Waals surface area (Å²) < 4.78 is 0. The molecule has 1 N–H and O–H groups in total. The fourth-order valence-corrected chi connectivity index (χ4v) is 6.66. The molecule has 0 radical (unpaired) electrons. The van der Waals surface area contributed by atoms with E-state index in [2.05, 4.69) is 124 Å². The summed E-state index contributed by atoms with van der Waals surface area (Å²) in [4.78, 5) is 0. The largest absolute Gasteiger partial charge is 0.355 e. The topological polar surface area (TPSA) is 107 Å². The number of allylic oxidation sites excluding steroid dienone is 10. The van der Waals surface area contributed by atoms with Gasteiger partial charge in [0.25, 0.3) is 0 Å². The smallest absolute Gasteiger partial charge is 0.132 e. The highest BCUT2D eigenvalue weighted by atomic mass is 14.9. The molecule has 0 aromatic heterocycles. The Kier molecular flexibility index (Phi) is 10.3. The summed E-state index contributed by atoms with van der Waals surface area (Å²) in [7, 11) is 0. The molecular weight excluding hydrogens is 599 g/mol. The summed E-state index contributed by atoms with van der Waals surface area (Å²) in [5.74, 6) is 0. The molecule has 0 spiro atoms. The van der Waals surface area contributed by atoms with Gasteiger partial charge in [-0.1, -0.05) is 113 Å². The first-order chi connectivity index (χ1) is 23.5. The number of nitrogens with zero attached hydrogens (tertiary/aromatic N) is 4. The van der Waals surface area contributed by atoms with Crippen molar-refractivity contribution in [3.05, 3.63) is 142 Å². The molecule has 3 aromatic rings. The van der Waals surface area contributed by atoms with Crippen molar-refractivity contribution < 1.29 is 0 Å². The third-order valence-corrected chi connectivity index (χ3v) is 8.81. The van der Waals surface area contributed by atoms with Crippen LogP contribution in [0.5, 0.6) is 0 Å². The van der Waals surface area contributed by atoms with E-state index in [0.717, 1.165) is 68.8 Å². The Balaban J connectivity index is 1.38. The lowest BCUT2D eigenvalue weighted by Crippen LogP contribution is -2.17. The molecule has 0 amide bonds. The van der Waals surface area contributed by atoms with Gasteiger partial charge in [-0.15, -0.1) is 0 Å². The summed E-state index contributed by atoms with van der Waals surface area (Å²) in [6.07, 6.45) is 15.5. The number of hydrogen-bond donors (Lipinski definition) is 1. The molecule has 0 bridgehead atoms. The third-order valence-electron chi connectivity index (χ3n) is 8.81. The van der Waals surface area contributed by atoms with Gasteiger partial charge in [0.15, 0.2) is 0 Å². The number of nitrogens with one attached hydrogen (secondary N) is 1. The van der Waals surface area contributed by atoms with Gasteiger partial charge in [-0.05, 0) is 99.8 Å². The van der Waals surface area contributed by atoms with Gasteiger partial charge in [0, 0.05) is 16.9 Å². The highest BCUT2D eigenvalue weighted by Crippen LogP contribution is 2.41. The van der Waals surface area contributed by atoms with E-state index >= 15 is 0 Å². The van der Waals surface area contributed by atoms with Gasteiger partial charge in [-0.25, -0.2) is 0 Å². The van der Waals surface area contributed by atoms with Crippen LogP contribution >= 0.6 is 0 Å². The van der Waals surface area contributed by atoms with Crippen molar-refractivity contribution in [1.29, 1.82) is 21.0 Å². The molecule has 0 atom stereocenters. The van der Waals surface area contributed by atoms with Crippen LogP contribution in [0.15, 0.2) is 131 Å². The molecule has 2 aliphatic rings. The number of hydrogen-bond acceptors (Lipinski definition) is 5. The van der Waals surface area contributed by atoms with Crippen LogP contribution in [-0.2, 0) is 0 Å². The number of anilines is 2. The molecule has 5 nitrogen and oxygen atoms in total. The zero-order chi connectivity index (χ0) is 35.0. The zero-order valence-corrected chi connectivity index (χ0v) is 28.5. The molecule has 3 aromatic carbocycles. The second-order valence-corrected chi connectivity index (χ2v) is 14.3. The number of rotatable bonds is 7. The van der Waals surface area contributed by atoms with Crippen molar-refractivity contribution in [2.24, 2.45) is 10.8 Å². The molecule has 0 unspecified atom stereocenters. The van der Waals surface area contributed by atoms with Crippen molar-refractivity contribution in [3.8, 4) is 35.4 Å². The first-order valence-electron chi connectivity index (χ1n) is 16.4. The van der Waals surface area contributed by atoms with Gasteiger partial charge < -0.3 is 5.32 Å². The van der Waals surface area contributed by atoms with Crippen LogP contribution in [0.4, 0.5) is 11.4 Å². The fraction of sp³-hybridized carbons (Fsp3) is 0.227. The summed E-state index contributed by atoms with van der Waals surface area (Å²) in [6.45, 7) is 8.67. The highest BCUT2D eigenvalue weighted by Gasteiger charge is 2.27. The van der Waals surface area contributed by atoms with Gasteiger partial charge in [0.05, 0.1) is 0 Å². The molecule has 49 heavy (non-hydrogen) atoms. The van der Waals surface area contributed by atoms with E-state index in [-0.39, 0.29) is 22.0 Å². The number of benzene rings is 3. The lowest BCUT2D eigenvalue weighted by atomic mass is 9.74. The second kappa shape index (κ2) is 14.7. The van der Waals surface area contributed by atoms with Gasteiger partial charge in [0.1, 0.15) is 35.4 Å². The van der Waals surface area contributed by atoms with Crippen molar-refractivity contribution in [1.82, 2.24) is 0 Å². The van der Waals surface area contributed by atoms with Crippen LogP contribution in [0.3, 0.4) is 0 Å². The van der Waals surface area contributed by atoms with Crippen LogP contribution in [0, 0.1) is 56.2 Å². The Morgan fingerprint density at radius 1 is 0.592 bits per heavy atom. The molecule has 0 aliphatic heterocycles. The molecule has 5 rings (SSSR count). The van der Waals surface area contributed by atoms with Crippen LogP contribution < -0.4 is 5.32 Å². The average molecular weight is 638 g/mol. The van der Waals surface area contributed by atoms with Crippen LogP contribution in [-0.4, -0.2) is 0 Å². The Bertz CT molecular complexity index is 2070. The van der Waals surface area contributed by atoms with Gasteiger partial charge in [-0.3, -0.25) is 0 Å². The fourth-order valence-electron chi connectivity index (χ4n) is 6.66. The predicted octanol–water partition coefficient (Wildman–Crippen LogP) is 11.3. The van der Waals surface area contributed by atoms with E-state index in [4.69, 9.17) is 0 Å². The lowest BCUT2D eigenvalue weighted by molar-refractivity contribution is 0.354. The number of nitriles is 4. The summed E-state index contributed by atoms with van der Waals surface area (Å²) in [5, 5.41) is 41.3. The maximum Gasteiger partial charge on any atom is 0.132 e. The maximum absolute atomic E-state index is 9.45. The summed E-state index contributed by atoms with van der Waals surface area (Å²) in [5.41, 5.74) is 10.4. The minimum absolute atomic E-state index is 0.0245. The standard InChI is InChI=1S/C44H39N5/c1-43(2)23-33(20-36(25-43)38(27-45)28-46)12-10-31-14-17-40(18-15-31)49-42-19-16-32(22-41(42)35-8-6-5-7-9-35)11-13-34-21-37(39(29-47)30-48)26-44(3,4)24-34/h5-22,49H,23-26H2,1-4H3/b12-10+,13-11+. The minimum Gasteiger partial charge on any atom is -0.355 e. The van der Waals surface area contributed by atoms with E-state index in [0.29, 0.717) is 12.8 Å². The molecule has 2 aliphatic carbocycles. The molecule has 0 heterocycles. The van der Waals surface area contributed by atoms with Crippen molar-refractivity contribution in [2.75, 3.05) is 5.32 Å². The van der Waals surface area contributed by atoms with Gasteiger partial charge in [0.2, 0.25) is 0 Å². The van der Waals surface area contributed by atoms with Crippen LogP contribution in [0.1, 0.15) is 64.5 Å². The van der Waals surface area contributed by atoms with Gasteiger partial charge in [-0.2, -0.15) is 21.0 Å².